The molecule has 0 aliphatic carbocycles. The average molecular weight is 465 g/mol. The predicted molar refractivity (Wildman–Crippen MR) is 58.7 cm³/mol. The summed E-state index contributed by atoms with van der Waals surface area (Å²) in [5, 5.41) is 0. The molecule has 0 aliphatic heterocycles. The molecule has 11 heteroatoms. The van der Waals surface area contributed by atoms with Crippen molar-refractivity contribution in [3.63, 3.8) is 0 Å². The van der Waals surface area contributed by atoms with Crippen LogP contribution in [0.3, 0.4) is 0 Å². The van der Waals surface area contributed by atoms with Gasteiger partial charge in [-0.3, -0.25) is 9.11 Å². The molecule has 74 valence electrons. The van der Waals surface area contributed by atoms with Gasteiger partial charge in [0.15, 0.2) is 0 Å². The number of hydrogen-bond donors (Lipinski definition) is 2. The molecule has 0 aromatic heterocycles. The van der Waals surface area contributed by atoms with Gasteiger partial charge in [-0.05, 0) is 0 Å². The van der Waals surface area contributed by atoms with Crippen molar-refractivity contribution < 1.29 is 55.5 Å². The zero-order chi connectivity index (χ0) is 10.2. The van der Waals surface area contributed by atoms with Gasteiger partial charge in [-0.25, -0.2) is 0 Å². The molecule has 0 amide bonds. The Morgan fingerprint density at radius 2 is 1.15 bits per heavy atom. The largest absolute Gasteiger partial charge is 1.00 e. The fraction of sp³-hybridized carbons (Fsp3) is 1.00. The summed E-state index contributed by atoms with van der Waals surface area (Å²) in [6.45, 7) is 0. The summed E-state index contributed by atoms with van der Waals surface area (Å²) in [4.78, 5) is 0. The molecule has 0 fully saturated rings. The first kappa shape index (κ1) is 17.7. The molecule has 2 N–H and O–H groups in total. The summed E-state index contributed by atoms with van der Waals surface area (Å²) in [7, 11) is -9.55. The van der Waals surface area contributed by atoms with Crippen LogP contribution in [-0.4, -0.2) is 32.5 Å². The molecule has 13 heavy (non-hydrogen) atoms. The standard InChI is InChI=1S/C2H4I2O6S2.Na/c3-1(4)2(11(5,6)7)12(8,9)10;/h1-2H,(H,5,6,7)(H,8,9,10);/q;+1. The Labute approximate surface area is 125 Å². The third-order valence-corrected chi connectivity index (χ3v) is 7.36. The normalized spacial score (nSPS) is 13.1. The van der Waals surface area contributed by atoms with E-state index in [0.717, 1.165) is 0 Å². The third kappa shape index (κ3) is 6.44. The minimum atomic E-state index is -4.77. The quantitative estimate of drug-likeness (QED) is 0.203. The SMILES string of the molecule is O=S(=O)(O)C(C(I)I)S(=O)(=O)O.[Na+]. The molecule has 0 saturated heterocycles. The molecule has 0 aromatic rings. The summed E-state index contributed by atoms with van der Waals surface area (Å²) < 4.78 is 55.4. The van der Waals surface area contributed by atoms with E-state index in [0.29, 0.717) is 0 Å². The maximum atomic E-state index is 10.4. The van der Waals surface area contributed by atoms with Gasteiger partial charge in [-0.1, -0.05) is 45.2 Å². The number of halogens is 2. The zero-order valence-electron chi connectivity index (χ0n) is 6.25. The summed E-state index contributed by atoms with van der Waals surface area (Å²) in [5.74, 6) is 0. The molecule has 0 aliphatic rings. The van der Waals surface area contributed by atoms with E-state index < -0.39 is 26.7 Å². The molecule has 0 spiro atoms. The van der Waals surface area contributed by atoms with Crippen molar-refractivity contribution in [1.29, 1.82) is 0 Å². The first-order valence-electron chi connectivity index (χ1n) is 2.27. The molecular weight excluding hydrogens is 461 g/mol. The van der Waals surface area contributed by atoms with E-state index in [4.69, 9.17) is 9.11 Å². The van der Waals surface area contributed by atoms with Crippen LogP contribution >= 0.6 is 45.2 Å². The predicted octanol–water partition coefficient (Wildman–Crippen LogP) is -2.71. The minimum absolute atomic E-state index is 0. The van der Waals surface area contributed by atoms with E-state index in [1.807, 2.05) is 0 Å². The van der Waals surface area contributed by atoms with Crippen molar-refractivity contribution in [2.75, 3.05) is 0 Å². The molecule has 0 heterocycles. The molecule has 0 saturated carbocycles. The van der Waals surface area contributed by atoms with Gasteiger partial charge in [0.25, 0.3) is 20.2 Å². The van der Waals surface area contributed by atoms with Gasteiger partial charge in [0, 0.05) is 0 Å². The molecule has 0 rings (SSSR count). The first-order valence-corrected chi connectivity index (χ1v) is 7.77. The van der Waals surface area contributed by atoms with Gasteiger partial charge in [0.1, 0.15) is 0 Å². The van der Waals surface area contributed by atoms with Crippen LogP contribution in [0.2, 0.25) is 0 Å². The fourth-order valence-electron chi connectivity index (χ4n) is 0.414. The van der Waals surface area contributed by atoms with E-state index in [1.165, 1.54) is 45.2 Å². The van der Waals surface area contributed by atoms with Gasteiger partial charge < -0.3 is 0 Å². The molecule has 0 unspecified atom stereocenters. The van der Waals surface area contributed by atoms with Crippen LogP contribution in [0.4, 0.5) is 0 Å². The van der Waals surface area contributed by atoms with Crippen LogP contribution in [0, 0.1) is 0 Å². The van der Waals surface area contributed by atoms with Gasteiger partial charge in [0.05, 0.1) is 1.93 Å². The topological polar surface area (TPSA) is 109 Å². The van der Waals surface area contributed by atoms with E-state index in [9.17, 15) is 16.8 Å². The van der Waals surface area contributed by atoms with Crippen molar-refractivity contribution in [3.8, 4) is 0 Å². The summed E-state index contributed by atoms with van der Waals surface area (Å²) in [5.41, 5.74) is 0. The second-order valence-electron chi connectivity index (χ2n) is 1.73. The van der Waals surface area contributed by atoms with E-state index in [2.05, 4.69) is 0 Å². The molecular formula is C2H4I2NaO6S2+. The third-order valence-electron chi connectivity index (χ3n) is 0.793. The van der Waals surface area contributed by atoms with Crippen molar-refractivity contribution >= 4 is 65.4 Å². The van der Waals surface area contributed by atoms with Gasteiger partial charge in [-0.15, -0.1) is 0 Å². The van der Waals surface area contributed by atoms with Crippen LogP contribution in [-0.2, 0) is 20.2 Å². The summed E-state index contributed by atoms with van der Waals surface area (Å²) >= 11 is 2.93. The Kier molecular flexibility index (Phi) is 8.32. The van der Waals surface area contributed by atoms with Gasteiger partial charge >= 0.3 is 29.6 Å². The second kappa shape index (κ2) is 6.12. The maximum absolute atomic E-state index is 10.4. The average Bonchev–Trinajstić information content (AvgIpc) is 1.49. The van der Waals surface area contributed by atoms with Crippen molar-refractivity contribution in [2.24, 2.45) is 0 Å². The van der Waals surface area contributed by atoms with E-state index in [1.54, 1.807) is 0 Å². The van der Waals surface area contributed by atoms with Crippen LogP contribution in [0.15, 0.2) is 0 Å². The Balaban J connectivity index is 0. The van der Waals surface area contributed by atoms with E-state index >= 15 is 0 Å². The monoisotopic (exact) mass is 465 g/mol. The van der Waals surface area contributed by atoms with Crippen LogP contribution in [0.1, 0.15) is 0 Å². The minimum Gasteiger partial charge on any atom is -0.284 e. The smallest absolute Gasteiger partial charge is 0.284 e. The van der Waals surface area contributed by atoms with Crippen LogP contribution < -0.4 is 29.6 Å². The van der Waals surface area contributed by atoms with Gasteiger partial charge in [0.2, 0.25) is 4.58 Å². The fourth-order valence-corrected chi connectivity index (χ4v) is 6.62. The van der Waals surface area contributed by atoms with Crippen molar-refractivity contribution in [3.05, 3.63) is 0 Å². The molecule has 0 atom stereocenters. The van der Waals surface area contributed by atoms with E-state index in [-0.39, 0.29) is 29.6 Å². The Morgan fingerprint density at radius 3 is 1.15 bits per heavy atom. The second-order valence-corrected chi connectivity index (χ2v) is 10.2. The molecule has 0 aromatic carbocycles. The summed E-state index contributed by atoms with van der Waals surface area (Å²) in [6.07, 6.45) is 0. The Hall–Kier alpha value is 2.28. The van der Waals surface area contributed by atoms with Crippen molar-refractivity contribution in [1.82, 2.24) is 0 Å². The van der Waals surface area contributed by atoms with Crippen LogP contribution in [0.5, 0.6) is 0 Å². The van der Waals surface area contributed by atoms with Gasteiger partial charge in [-0.2, -0.15) is 16.8 Å². The van der Waals surface area contributed by atoms with Crippen molar-refractivity contribution in [2.45, 2.75) is 6.51 Å². The zero-order valence-corrected chi connectivity index (χ0v) is 14.2. The number of alkyl halides is 2. The molecule has 0 radical (unpaired) electrons. The molecule has 0 bridgehead atoms. The van der Waals surface area contributed by atoms with Crippen LogP contribution in [0.25, 0.3) is 0 Å². The first-order chi connectivity index (χ1) is 5.07. The molecule has 6 nitrogen and oxygen atoms in total. The number of rotatable bonds is 3. The Bertz CT molecular complexity index is 313. The maximum Gasteiger partial charge on any atom is 1.00 e. The Morgan fingerprint density at radius 1 is 0.923 bits per heavy atom. The number of hydrogen-bond acceptors (Lipinski definition) is 4. The summed E-state index contributed by atoms with van der Waals surface area (Å²) in [6, 6.07) is 0.